The molecule has 138 valence electrons. The summed E-state index contributed by atoms with van der Waals surface area (Å²) in [6.07, 6.45) is 4.04. The molecule has 0 spiro atoms. The van der Waals surface area contributed by atoms with E-state index >= 15 is 0 Å². The fraction of sp³-hybridized carbons (Fsp3) is 0.667. The summed E-state index contributed by atoms with van der Waals surface area (Å²) >= 11 is 0. The smallest absolute Gasteiger partial charge is 0.251 e. The minimum atomic E-state index is 0.0343. The lowest BCUT2D eigenvalue weighted by atomic mass is 9.79. The average molecular weight is 344 g/mol. The Hall–Kier alpha value is -1.39. The molecule has 0 unspecified atom stereocenters. The van der Waals surface area contributed by atoms with Gasteiger partial charge in [0.15, 0.2) is 0 Å². The first-order valence-electron chi connectivity index (χ1n) is 9.52. The highest BCUT2D eigenvalue weighted by Crippen LogP contribution is 2.29. The zero-order valence-corrected chi connectivity index (χ0v) is 16.0. The quantitative estimate of drug-likeness (QED) is 0.880. The van der Waals surface area contributed by atoms with Crippen molar-refractivity contribution < 1.29 is 9.53 Å². The molecule has 1 aromatic rings. The summed E-state index contributed by atoms with van der Waals surface area (Å²) in [6.45, 7) is 10.5. The van der Waals surface area contributed by atoms with Crippen LogP contribution in [0.3, 0.4) is 0 Å². The predicted octanol–water partition coefficient (Wildman–Crippen LogP) is 3.62. The van der Waals surface area contributed by atoms with Gasteiger partial charge in [0.2, 0.25) is 0 Å². The summed E-state index contributed by atoms with van der Waals surface area (Å²) in [4.78, 5) is 12.7. The number of ether oxygens (including phenoxy) is 1. The molecular weight excluding hydrogens is 312 g/mol. The summed E-state index contributed by atoms with van der Waals surface area (Å²) in [5.41, 5.74) is 2.15. The van der Waals surface area contributed by atoms with Gasteiger partial charge in [-0.15, -0.1) is 0 Å². The van der Waals surface area contributed by atoms with Crippen LogP contribution >= 0.6 is 0 Å². The van der Waals surface area contributed by atoms with Crippen molar-refractivity contribution in [2.75, 3.05) is 13.2 Å². The summed E-state index contributed by atoms with van der Waals surface area (Å²) < 4.78 is 5.43. The van der Waals surface area contributed by atoms with E-state index in [0.717, 1.165) is 44.5 Å². The number of amides is 1. The van der Waals surface area contributed by atoms with Gasteiger partial charge in [-0.2, -0.15) is 0 Å². The number of carbonyl (C=O) groups is 1. The van der Waals surface area contributed by atoms with Gasteiger partial charge in [-0.3, -0.25) is 4.79 Å². The summed E-state index contributed by atoms with van der Waals surface area (Å²) in [5, 5.41) is 6.90. The zero-order chi connectivity index (χ0) is 18.1. The number of hydrogen-bond acceptors (Lipinski definition) is 3. The Bertz CT molecular complexity index is 585. The van der Waals surface area contributed by atoms with Gasteiger partial charge in [-0.05, 0) is 77.0 Å². The molecule has 0 aliphatic carbocycles. The molecule has 1 amide bonds. The van der Waals surface area contributed by atoms with Crippen LogP contribution in [0.2, 0.25) is 0 Å². The Balaban J connectivity index is 1.63. The second-order valence-corrected chi connectivity index (χ2v) is 8.98. The van der Waals surface area contributed by atoms with Gasteiger partial charge in [0, 0.05) is 35.9 Å². The van der Waals surface area contributed by atoms with E-state index in [1.54, 1.807) is 0 Å². The molecule has 2 saturated heterocycles. The lowest BCUT2D eigenvalue weighted by Gasteiger charge is -2.46. The highest BCUT2D eigenvalue weighted by Gasteiger charge is 2.38. The number of nitrogens with one attached hydrogen (secondary N) is 2. The third kappa shape index (κ3) is 4.83. The van der Waals surface area contributed by atoms with Crippen LogP contribution in [0.15, 0.2) is 24.3 Å². The molecule has 1 aromatic carbocycles. The molecule has 2 heterocycles. The number of carbonyl (C=O) groups excluding carboxylic acids is 1. The average Bonchev–Trinajstić information content (AvgIpc) is 2.53. The third-order valence-corrected chi connectivity index (χ3v) is 5.39. The third-order valence-electron chi connectivity index (χ3n) is 5.39. The number of piperidine rings is 1. The summed E-state index contributed by atoms with van der Waals surface area (Å²) in [7, 11) is 0. The molecule has 0 atom stereocenters. The van der Waals surface area contributed by atoms with Crippen LogP contribution in [0, 0.1) is 0 Å². The van der Waals surface area contributed by atoms with Crippen molar-refractivity contribution in [2.45, 2.75) is 76.4 Å². The number of hydrogen-bond donors (Lipinski definition) is 2. The highest BCUT2D eigenvalue weighted by atomic mass is 16.5. The second-order valence-electron chi connectivity index (χ2n) is 8.98. The molecule has 2 aliphatic rings. The van der Waals surface area contributed by atoms with Crippen molar-refractivity contribution in [3.63, 3.8) is 0 Å². The van der Waals surface area contributed by atoms with Gasteiger partial charge in [0.25, 0.3) is 5.91 Å². The lowest BCUT2D eigenvalue weighted by Crippen LogP contribution is -2.62. The Labute approximate surface area is 151 Å². The van der Waals surface area contributed by atoms with Crippen LogP contribution in [-0.2, 0) is 4.74 Å². The van der Waals surface area contributed by atoms with Crippen LogP contribution in [0.5, 0.6) is 0 Å². The topological polar surface area (TPSA) is 50.4 Å². The standard InChI is InChI=1S/C21H32N2O2/c1-20(2)13-18(14-21(3,4)23-20)22-19(24)17-7-5-15(6-8-17)16-9-11-25-12-10-16/h5-8,16,18,23H,9-14H2,1-4H3,(H,22,24). The first-order chi connectivity index (χ1) is 11.7. The van der Waals surface area contributed by atoms with Crippen LogP contribution in [0.25, 0.3) is 0 Å². The molecule has 0 bridgehead atoms. The van der Waals surface area contributed by atoms with Gasteiger partial charge in [-0.25, -0.2) is 0 Å². The highest BCUT2D eigenvalue weighted by molar-refractivity contribution is 5.94. The van der Waals surface area contributed by atoms with Crippen molar-refractivity contribution in [3.8, 4) is 0 Å². The molecule has 0 radical (unpaired) electrons. The minimum absolute atomic E-state index is 0.0343. The second kappa shape index (κ2) is 7.08. The maximum atomic E-state index is 12.7. The molecule has 3 rings (SSSR count). The van der Waals surface area contributed by atoms with Gasteiger partial charge >= 0.3 is 0 Å². The van der Waals surface area contributed by atoms with Gasteiger partial charge in [-0.1, -0.05) is 12.1 Å². The van der Waals surface area contributed by atoms with E-state index < -0.39 is 0 Å². The van der Waals surface area contributed by atoms with Crippen LogP contribution < -0.4 is 10.6 Å². The Morgan fingerprint density at radius 2 is 1.60 bits per heavy atom. The molecule has 0 saturated carbocycles. The minimum Gasteiger partial charge on any atom is -0.381 e. The SMILES string of the molecule is CC1(C)CC(NC(=O)c2ccc(C3CCOCC3)cc2)CC(C)(C)N1. The van der Waals surface area contributed by atoms with Crippen molar-refractivity contribution in [2.24, 2.45) is 0 Å². The van der Waals surface area contributed by atoms with E-state index in [9.17, 15) is 4.79 Å². The van der Waals surface area contributed by atoms with Crippen molar-refractivity contribution in [3.05, 3.63) is 35.4 Å². The molecule has 0 aromatic heterocycles. The molecule has 25 heavy (non-hydrogen) atoms. The lowest BCUT2D eigenvalue weighted by molar-refractivity contribution is 0.0850. The van der Waals surface area contributed by atoms with Gasteiger partial charge in [0.05, 0.1) is 0 Å². The largest absolute Gasteiger partial charge is 0.381 e. The van der Waals surface area contributed by atoms with E-state index in [4.69, 9.17) is 4.74 Å². The summed E-state index contributed by atoms with van der Waals surface area (Å²) in [6, 6.07) is 8.37. The molecule has 2 aliphatic heterocycles. The van der Waals surface area contributed by atoms with Crippen molar-refractivity contribution in [1.29, 1.82) is 0 Å². The monoisotopic (exact) mass is 344 g/mol. The zero-order valence-electron chi connectivity index (χ0n) is 16.0. The van der Waals surface area contributed by atoms with Crippen molar-refractivity contribution in [1.82, 2.24) is 10.6 Å². The number of benzene rings is 1. The molecule has 2 N–H and O–H groups in total. The van der Waals surface area contributed by atoms with Crippen molar-refractivity contribution >= 4 is 5.91 Å². The van der Waals surface area contributed by atoms with Crippen LogP contribution in [0.1, 0.15) is 75.2 Å². The predicted molar refractivity (Wildman–Crippen MR) is 101 cm³/mol. The fourth-order valence-corrected chi connectivity index (χ4v) is 4.63. The first kappa shape index (κ1) is 18.4. The molecular formula is C21H32N2O2. The van der Waals surface area contributed by atoms with Crippen LogP contribution in [0.4, 0.5) is 0 Å². The fourth-order valence-electron chi connectivity index (χ4n) is 4.63. The van der Waals surface area contributed by atoms with Gasteiger partial charge < -0.3 is 15.4 Å². The normalized spacial score (nSPS) is 24.0. The van der Waals surface area contributed by atoms with E-state index in [1.165, 1.54) is 5.56 Å². The maximum Gasteiger partial charge on any atom is 0.251 e. The van der Waals surface area contributed by atoms with E-state index in [2.05, 4.69) is 50.5 Å². The first-order valence-corrected chi connectivity index (χ1v) is 9.52. The Morgan fingerprint density at radius 3 is 2.16 bits per heavy atom. The van der Waals surface area contributed by atoms with E-state index in [-0.39, 0.29) is 23.0 Å². The molecule has 4 heteroatoms. The summed E-state index contributed by atoms with van der Waals surface area (Å²) in [5.74, 6) is 0.605. The Kier molecular flexibility index (Phi) is 5.21. The van der Waals surface area contributed by atoms with E-state index in [0.29, 0.717) is 5.92 Å². The Morgan fingerprint density at radius 1 is 1.04 bits per heavy atom. The molecule has 4 nitrogen and oxygen atoms in total. The van der Waals surface area contributed by atoms with Gasteiger partial charge in [0.1, 0.15) is 0 Å². The maximum absolute atomic E-state index is 12.7. The van der Waals surface area contributed by atoms with Crippen LogP contribution in [-0.4, -0.2) is 36.2 Å². The molecule has 2 fully saturated rings. The van der Waals surface area contributed by atoms with E-state index in [1.807, 2.05) is 12.1 Å². The number of rotatable bonds is 3.